The second-order valence-electron chi connectivity index (χ2n) is 5.68. The van der Waals surface area contributed by atoms with Crippen molar-refractivity contribution in [2.45, 2.75) is 39.2 Å². The molecule has 2 atom stereocenters. The molecular formula is C18H21NO4. The van der Waals surface area contributed by atoms with Crippen molar-refractivity contribution in [1.82, 2.24) is 0 Å². The summed E-state index contributed by atoms with van der Waals surface area (Å²) in [4.78, 5) is 35.3. The Labute approximate surface area is 135 Å². The average molecular weight is 315 g/mol. The number of allylic oxidation sites excluding steroid dienone is 2. The van der Waals surface area contributed by atoms with Crippen LogP contribution in [0.15, 0.2) is 36.4 Å². The summed E-state index contributed by atoms with van der Waals surface area (Å²) in [6.07, 6.45) is 5.45. The van der Waals surface area contributed by atoms with Crippen molar-refractivity contribution in [3.8, 4) is 0 Å². The number of benzene rings is 1. The van der Waals surface area contributed by atoms with E-state index in [0.29, 0.717) is 17.7 Å². The fourth-order valence-electron chi connectivity index (χ4n) is 2.36. The van der Waals surface area contributed by atoms with Gasteiger partial charge in [-0.1, -0.05) is 12.2 Å². The van der Waals surface area contributed by atoms with Crippen LogP contribution < -0.4 is 5.32 Å². The Morgan fingerprint density at radius 2 is 1.87 bits per heavy atom. The van der Waals surface area contributed by atoms with E-state index in [-0.39, 0.29) is 23.6 Å². The van der Waals surface area contributed by atoms with Gasteiger partial charge in [-0.05, 0) is 57.4 Å². The lowest BCUT2D eigenvalue weighted by Crippen LogP contribution is -2.32. The van der Waals surface area contributed by atoms with Crippen molar-refractivity contribution in [3.63, 3.8) is 0 Å². The van der Waals surface area contributed by atoms with Crippen molar-refractivity contribution in [2.75, 3.05) is 5.32 Å². The van der Waals surface area contributed by atoms with Gasteiger partial charge >= 0.3 is 5.97 Å². The molecular weight excluding hydrogens is 294 g/mol. The highest BCUT2D eigenvalue weighted by atomic mass is 16.5. The summed E-state index contributed by atoms with van der Waals surface area (Å²) in [5.41, 5.74) is 1.14. The van der Waals surface area contributed by atoms with Gasteiger partial charge in [0, 0.05) is 11.3 Å². The van der Waals surface area contributed by atoms with E-state index < -0.39 is 6.10 Å². The standard InChI is InChI=1S/C18H21NO4/c1-12(20)14-8-10-16(11-9-14)19-17(21)13(2)23-18(22)15-6-4-3-5-7-15/h3-4,8-11,13,15H,5-7H2,1-2H3,(H,19,21)/t13-,15-/m0/s1. The van der Waals surface area contributed by atoms with E-state index in [4.69, 9.17) is 4.74 Å². The maximum absolute atomic E-state index is 12.1. The molecule has 1 N–H and O–H groups in total. The highest BCUT2D eigenvalue weighted by molar-refractivity contribution is 5.97. The van der Waals surface area contributed by atoms with Crippen molar-refractivity contribution in [1.29, 1.82) is 0 Å². The van der Waals surface area contributed by atoms with Gasteiger partial charge in [-0.2, -0.15) is 0 Å². The molecule has 0 saturated heterocycles. The van der Waals surface area contributed by atoms with Crippen molar-refractivity contribution < 1.29 is 19.1 Å². The first kappa shape index (κ1) is 16.9. The molecule has 0 aromatic heterocycles. The Morgan fingerprint density at radius 3 is 2.43 bits per heavy atom. The third-order valence-electron chi connectivity index (χ3n) is 3.82. The van der Waals surface area contributed by atoms with Crippen LogP contribution in [0.25, 0.3) is 0 Å². The van der Waals surface area contributed by atoms with Crippen molar-refractivity contribution in [3.05, 3.63) is 42.0 Å². The van der Waals surface area contributed by atoms with Gasteiger partial charge in [-0.3, -0.25) is 14.4 Å². The quantitative estimate of drug-likeness (QED) is 0.515. The first-order valence-corrected chi connectivity index (χ1v) is 7.74. The summed E-state index contributed by atoms with van der Waals surface area (Å²) in [6, 6.07) is 6.58. The number of carbonyl (C=O) groups is 3. The minimum atomic E-state index is -0.860. The minimum Gasteiger partial charge on any atom is -0.452 e. The average Bonchev–Trinajstić information content (AvgIpc) is 2.56. The van der Waals surface area contributed by atoms with E-state index in [1.807, 2.05) is 12.2 Å². The Kier molecular flexibility index (Phi) is 5.68. The summed E-state index contributed by atoms with van der Waals surface area (Å²) in [6.45, 7) is 3.03. The Hall–Kier alpha value is -2.43. The molecule has 1 aliphatic rings. The van der Waals surface area contributed by atoms with Gasteiger partial charge in [0.15, 0.2) is 11.9 Å². The number of esters is 1. The molecule has 1 amide bonds. The monoisotopic (exact) mass is 315 g/mol. The topological polar surface area (TPSA) is 72.5 Å². The van der Waals surface area contributed by atoms with Gasteiger partial charge in [-0.15, -0.1) is 0 Å². The van der Waals surface area contributed by atoms with E-state index in [1.54, 1.807) is 31.2 Å². The fraction of sp³-hybridized carbons (Fsp3) is 0.389. The Morgan fingerprint density at radius 1 is 1.17 bits per heavy atom. The number of hydrogen-bond acceptors (Lipinski definition) is 4. The first-order valence-electron chi connectivity index (χ1n) is 7.74. The number of hydrogen-bond donors (Lipinski definition) is 1. The van der Waals surface area contributed by atoms with E-state index in [0.717, 1.165) is 12.8 Å². The zero-order chi connectivity index (χ0) is 16.8. The molecule has 1 aliphatic carbocycles. The summed E-state index contributed by atoms with van der Waals surface area (Å²) in [5, 5.41) is 2.67. The fourth-order valence-corrected chi connectivity index (χ4v) is 2.36. The number of ketones is 1. The van der Waals surface area contributed by atoms with Crippen LogP contribution in [0.1, 0.15) is 43.5 Å². The predicted molar refractivity (Wildman–Crippen MR) is 87.1 cm³/mol. The van der Waals surface area contributed by atoms with Crippen molar-refractivity contribution in [2.24, 2.45) is 5.92 Å². The van der Waals surface area contributed by atoms with Crippen molar-refractivity contribution >= 4 is 23.3 Å². The van der Waals surface area contributed by atoms with Gasteiger partial charge in [-0.25, -0.2) is 0 Å². The van der Waals surface area contributed by atoms with Gasteiger partial charge < -0.3 is 10.1 Å². The summed E-state index contributed by atoms with van der Waals surface area (Å²) >= 11 is 0. The zero-order valence-electron chi connectivity index (χ0n) is 13.4. The van der Waals surface area contributed by atoms with Crippen LogP contribution in [0, 0.1) is 5.92 Å². The smallest absolute Gasteiger partial charge is 0.310 e. The molecule has 0 unspecified atom stereocenters. The van der Waals surface area contributed by atoms with Crippen LogP contribution in [-0.2, 0) is 14.3 Å². The lowest BCUT2D eigenvalue weighted by atomic mass is 9.95. The van der Waals surface area contributed by atoms with Crippen LogP contribution in [0.3, 0.4) is 0 Å². The number of amides is 1. The molecule has 122 valence electrons. The van der Waals surface area contributed by atoms with Gasteiger partial charge in [0.1, 0.15) is 0 Å². The molecule has 0 saturated carbocycles. The van der Waals surface area contributed by atoms with Crippen LogP contribution in [0.2, 0.25) is 0 Å². The van der Waals surface area contributed by atoms with Gasteiger partial charge in [0.25, 0.3) is 5.91 Å². The highest BCUT2D eigenvalue weighted by Crippen LogP contribution is 2.20. The number of Topliss-reactive ketones (excluding diaryl/α,β-unsaturated/α-hetero) is 1. The maximum Gasteiger partial charge on any atom is 0.310 e. The first-order chi connectivity index (χ1) is 11.0. The maximum atomic E-state index is 12.1. The summed E-state index contributed by atoms with van der Waals surface area (Å²) < 4.78 is 5.25. The second kappa shape index (κ2) is 7.72. The molecule has 2 rings (SSSR count). The van der Waals surface area contributed by atoms with Crippen LogP contribution >= 0.6 is 0 Å². The lowest BCUT2D eigenvalue weighted by molar-refractivity contribution is -0.157. The van der Waals surface area contributed by atoms with Crippen LogP contribution in [0.5, 0.6) is 0 Å². The minimum absolute atomic E-state index is 0.0355. The van der Waals surface area contributed by atoms with E-state index in [9.17, 15) is 14.4 Å². The molecule has 0 spiro atoms. The molecule has 23 heavy (non-hydrogen) atoms. The van der Waals surface area contributed by atoms with Crippen LogP contribution in [-0.4, -0.2) is 23.8 Å². The van der Waals surface area contributed by atoms with Gasteiger partial charge in [0.2, 0.25) is 0 Å². The lowest BCUT2D eigenvalue weighted by Gasteiger charge is -2.19. The summed E-state index contributed by atoms with van der Waals surface area (Å²) in [7, 11) is 0. The molecule has 5 nitrogen and oxygen atoms in total. The Balaban J connectivity index is 1.88. The second-order valence-corrected chi connectivity index (χ2v) is 5.68. The largest absolute Gasteiger partial charge is 0.452 e. The third kappa shape index (κ3) is 4.77. The molecule has 5 heteroatoms. The number of rotatable bonds is 5. The highest BCUT2D eigenvalue weighted by Gasteiger charge is 2.25. The Bertz CT molecular complexity index is 618. The molecule has 0 fully saturated rings. The van der Waals surface area contributed by atoms with E-state index in [2.05, 4.69) is 5.32 Å². The predicted octanol–water partition coefficient (Wildman–Crippen LogP) is 3.12. The molecule has 1 aromatic carbocycles. The third-order valence-corrected chi connectivity index (χ3v) is 3.82. The molecule has 0 bridgehead atoms. The van der Waals surface area contributed by atoms with Gasteiger partial charge in [0.05, 0.1) is 5.92 Å². The number of nitrogens with one attached hydrogen (secondary N) is 1. The molecule has 0 radical (unpaired) electrons. The SMILES string of the molecule is CC(=O)c1ccc(NC(=O)[C@H](C)OC(=O)[C@H]2CC=CCC2)cc1. The molecule has 1 aromatic rings. The molecule has 0 aliphatic heterocycles. The summed E-state index contributed by atoms with van der Waals surface area (Å²) in [5.74, 6) is -0.916. The molecule has 0 heterocycles. The number of ether oxygens (including phenoxy) is 1. The zero-order valence-corrected chi connectivity index (χ0v) is 13.4. The normalized spacial score (nSPS) is 18.1. The number of anilines is 1. The van der Waals surface area contributed by atoms with Crippen LogP contribution in [0.4, 0.5) is 5.69 Å². The van der Waals surface area contributed by atoms with E-state index >= 15 is 0 Å². The van der Waals surface area contributed by atoms with E-state index in [1.165, 1.54) is 6.92 Å². The number of carbonyl (C=O) groups excluding carboxylic acids is 3.